The maximum absolute atomic E-state index is 12.3. The maximum atomic E-state index is 12.3. The van der Waals surface area contributed by atoms with Gasteiger partial charge < -0.3 is 11.1 Å². The number of sulfonamides is 1. The van der Waals surface area contributed by atoms with E-state index in [-0.39, 0.29) is 10.4 Å². The molecule has 1 aliphatic heterocycles. The fourth-order valence-corrected chi connectivity index (χ4v) is 4.45. The summed E-state index contributed by atoms with van der Waals surface area (Å²) in [5.74, 6) is 1.99. The van der Waals surface area contributed by atoms with Gasteiger partial charge in [-0.2, -0.15) is 4.31 Å². The molecule has 0 aromatic carbocycles. The Morgan fingerprint density at radius 3 is 2.75 bits per heavy atom. The molecule has 1 aromatic rings. The van der Waals surface area contributed by atoms with Crippen molar-refractivity contribution in [3.63, 3.8) is 0 Å². The Morgan fingerprint density at radius 2 is 2.25 bits per heavy atom. The van der Waals surface area contributed by atoms with Gasteiger partial charge in [-0.25, -0.2) is 13.4 Å². The number of thioether (sulfide) groups is 1. The Bertz CT molecular complexity index is 546. The van der Waals surface area contributed by atoms with Crippen molar-refractivity contribution in [1.29, 1.82) is 0 Å². The highest BCUT2D eigenvalue weighted by Crippen LogP contribution is 2.23. The zero-order valence-corrected chi connectivity index (χ0v) is 13.3. The molecule has 1 aromatic heterocycles. The number of hydrogen-bond acceptors (Lipinski definition) is 6. The molecule has 1 fully saturated rings. The van der Waals surface area contributed by atoms with E-state index < -0.39 is 10.0 Å². The molecule has 6 nitrogen and oxygen atoms in total. The summed E-state index contributed by atoms with van der Waals surface area (Å²) in [4.78, 5) is 4.37. The highest BCUT2D eigenvalue weighted by atomic mass is 32.2. The minimum Gasteiger partial charge on any atom is -0.368 e. The summed E-state index contributed by atoms with van der Waals surface area (Å²) >= 11 is 1.62. The van der Waals surface area contributed by atoms with Gasteiger partial charge in [0, 0.05) is 30.6 Å². The average molecular weight is 316 g/mol. The maximum Gasteiger partial charge on any atom is 0.245 e. The van der Waals surface area contributed by atoms with Gasteiger partial charge in [-0.3, -0.25) is 0 Å². The number of nitrogens with zero attached hydrogens (tertiary/aromatic N) is 2. The molecule has 1 aliphatic rings. The van der Waals surface area contributed by atoms with Gasteiger partial charge in [-0.1, -0.05) is 0 Å². The second-order valence-electron chi connectivity index (χ2n) is 5.44. The van der Waals surface area contributed by atoms with Crippen molar-refractivity contribution in [1.82, 2.24) is 9.29 Å². The predicted octanol–water partition coefficient (Wildman–Crippen LogP) is 0.926. The Hall–Kier alpha value is -0.830. The highest BCUT2D eigenvalue weighted by molar-refractivity contribution is 8.00. The number of anilines is 1. The fraction of sp³-hybridized carbons (Fsp3) is 0.583. The Balaban J connectivity index is 2.08. The van der Waals surface area contributed by atoms with Gasteiger partial charge in [0.2, 0.25) is 10.0 Å². The molecule has 0 saturated carbocycles. The number of rotatable bonds is 5. The smallest absolute Gasteiger partial charge is 0.245 e. The van der Waals surface area contributed by atoms with Crippen molar-refractivity contribution in [3.8, 4) is 0 Å². The van der Waals surface area contributed by atoms with E-state index >= 15 is 0 Å². The van der Waals surface area contributed by atoms with Gasteiger partial charge in [-0.05, 0) is 26.0 Å². The summed E-state index contributed by atoms with van der Waals surface area (Å²) in [5, 5.41) is 3.08. The van der Waals surface area contributed by atoms with Crippen LogP contribution in [-0.4, -0.2) is 48.0 Å². The van der Waals surface area contributed by atoms with Crippen LogP contribution in [0.3, 0.4) is 0 Å². The molecule has 2 rings (SSSR count). The summed E-state index contributed by atoms with van der Waals surface area (Å²) in [7, 11) is -3.40. The summed E-state index contributed by atoms with van der Waals surface area (Å²) in [6.07, 6.45) is 1.39. The first kappa shape index (κ1) is 15.6. The van der Waals surface area contributed by atoms with Crippen molar-refractivity contribution < 1.29 is 8.42 Å². The van der Waals surface area contributed by atoms with E-state index in [4.69, 9.17) is 5.73 Å². The molecule has 0 atom stereocenters. The quantitative estimate of drug-likeness (QED) is 0.840. The van der Waals surface area contributed by atoms with Crippen LogP contribution in [0.5, 0.6) is 0 Å². The molecule has 0 radical (unpaired) electrons. The van der Waals surface area contributed by atoms with Crippen LogP contribution in [0, 0.1) is 0 Å². The number of nitrogens with two attached hydrogens (primary N) is 1. The molecule has 0 spiro atoms. The molecular formula is C12H20N4O2S2. The van der Waals surface area contributed by atoms with Gasteiger partial charge >= 0.3 is 0 Å². The van der Waals surface area contributed by atoms with Gasteiger partial charge in [-0.15, -0.1) is 11.8 Å². The zero-order chi connectivity index (χ0) is 14.8. The Labute approximate surface area is 124 Å². The van der Waals surface area contributed by atoms with Crippen LogP contribution in [0.15, 0.2) is 23.2 Å². The molecule has 8 heteroatoms. The van der Waals surface area contributed by atoms with E-state index in [0.29, 0.717) is 24.8 Å². The Kier molecular flexibility index (Phi) is 4.58. The van der Waals surface area contributed by atoms with E-state index in [1.54, 1.807) is 23.9 Å². The van der Waals surface area contributed by atoms with E-state index in [9.17, 15) is 8.42 Å². The summed E-state index contributed by atoms with van der Waals surface area (Å²) < 4.78 is 26.1. The third-order valence-corrected chi connectivity index (χ3v) is 5.78. The van der Waals surface area contributed by atoms with Crippen LogP contribution in [0.2, 0.25) is 0 Å². The number of nitrogens with one attached hydrogen (secondary N) is 1. The van der Waals surface area contributed by atoms with E-state index in [2.05, 4.69) is 10.3 Å². The minimum absolute atomic E-state index is 0.234. The lowest BCUT2D eigenvalue weighted by Crippen LogP contribution is -2.39. The lowest BCUT2D eigenvalue weighted by molar-refractivity contribution is 0.489. The second kappa shape index (κ2) is 5.88. The molecule has 3 N–H and O–H groups in total. The molecule has 2 heterocycles. The van der Waals surface area contributed by atoms with Gasteiger partial charge in [0.15, 0.2) is 0 Å². The van der Waals surface area contributed by atoms with Crippen LogP contribution in [0.4, 0.5) is 5.82 Å². The van der Waals surface area contributed by atoms with Crippen molar-refractivity contribution in [2.45, 2.75) is 24.3 Å². The van der Waals surface area contributed by atoms with Crippen LogP contribution < -0.4 is 11.1 Å². The number of hydrogen-bond donors (Lipinski definition) is 2. The second-order valence-corrected chi connectivity index (χ2v) is 8.45. The van der Waals surface area contributed by atoms with Crippen LogP contribution in [0.1, 0.15) is 13.8 Å². The molecule has 0 unspecified atom stereocenters. The lowest BCUT2D eigenvalue weighted by atomic mass is 10.1. The third-order valence-electron chi connectivity index (χ3n) is 2.82. The first-order valence-corrected chi connectivity index (χ1v) is 8.95. The zero-order valence-electron chi connectivity index (χ0n) is 11.7. The van der Waals surface area contributed by atoms with E-state index in [1.165, 1.54) is 10.5 Å². The minimum atomic E-state index is -3.40. The largest absolute Gasteiger partial charge is 0.368 e. The van der Waals surface area contributed by atoms with Crippen molar-refractivity contribution in [2.24, 2.45) is 5.73 Å². The topological polar surface area (TPSA) is 88.3 Å². The van der Waals surface area contributed by atoms with Crippen LogP contribution >= 0.6 is 11.8 Å². The highest BCUT2D eigenvalue weighted by Gasteiger charge is 2.27. The fourth-order valence-electron chi connectivity index (χ4n) is 1.69. The van der Waals surface area contributed by atoms with Crippen molar-refractivity contribution >= 4 is 27.6 Å². The monoisotopic (exact) mass is 316 g/mol. The molecule has 0 amide bonds. The molecule has 20 heavy (non-hydrogen) atoms. The summed E-state index contributed by atoms with van der Waals surface area (Å²) in [6.45, 7) is 4.94. The van der Waals surface area contributed by atoms with Crippen LogP contribution in [-0.2, 0) is 10.0 Å². The van der Waals surface area contributed by atoms with Crippen molar-refractivity contribution in [2.75, 3.05) is 30.0 Å². The summed E-state index contributed by atoms with van der Waals surface area (Å²) in [5.41, 5.74) is 5.52. The van der Waals surface area contributed by atoms with Gasteiger partial charge in [0.05, 0.1) is 5.88 Å². The SMILES string of the molecule is CC(C)(N)CNc1ccc(S(=O)(=O)N2CCSC2)cn1. The standard InChI is InChI=1S/C12H20N4O2S2/c1-12(2,13)8-15-11-4-3-10(7-14-11)20(17,18)16-5-6-19-9-16/h3-4,7H,5-6,8-9,13H2,1-2H3,(H,14,15). The van der Waals surface area contributed by atoms with Crippen LogP contribution in [0.25, 0.3) is 0 Å². The predicted molar refractivity (Wildman–Crippen MR) is 82.2 cm³/mol. The number of pyridine rings is 1. The first-order chi connectivity index (χ1) is 9.29. The normalized spacial score (nSPS) is 17.4. The average Bonchev–Trinajstić information content (AvgIpc) is 2.90. The molecule has 112 valence electrons. The molecule has 0 bridgehead atoms. The molecule has 1 saturated heterocycles. The number of aromatic nitrogens is 1. The van der Waals surface area contributed by atoms with E-state index in [0.717, 1.165) is 5.75 Å². The summed E-state index contributed by atoms with van der Waals surface area (Å²) in [6, 6.07) is 3.25. The first-order valence-electron chi connectivity index (χ1n) is 6.36. The molecular weight excluding hydrogens is 296 g/mol. The van der Waals surface area contributed by atoms with Gasteiger partial charge in [0.1, 0.15) is 10.7 Å². The van der Waals surface area contributed by atoms with Gasteiger partial charge in [0.25, 0.3) is 0 Å². The molecule has 0 aliphatic carbocycles. The Morgan fingerprint density at radius 1 is 1.50 bits per heavy atom. The third kappa shape index (κ3) is 3.85. The van der Waals surface area contributed by atoms with E-state index in [1.807, 2.05) is 13.8 Å². The van der Waals surface area contributed by atoms with Crippen molar-refractivity contribution in [3.05, 3.63) is 18.3 Å². The lowest BCUT2D eigenvalue weighted by Gasteiger charge is -2.19.